The van der Waals surface area contributed by atoms with Gasteiger partial charge in [0.15, 0.2) is 11.4 Å². The Morgan fingerprint density at radius 2 is 1.94 bits per heavy atom. The summed E-state index contributed by atoms with van der Waals surface area (Å²) in [4.78, 5) is 24.3. The molecule has 0 amide bonds. The van der Waals surface area contributed by atoms with Gasteiger partial charge in [0.1, 0.15) is 18.8 Å². The van der Waals surface area contributed by atoms with Gasteiger partial charge in [0, 0.05) is 12.0 Å². The molecule has 1 aliphatic heterocycles. The number of aliphatic hydroxyl groups excluding tert-OH is 2. The molecule has 0 saturated carbocycles. The predicted octanol–water partition coefficient (Wildman–Crippen LogP) is 3.31. The van der Waals surface area contributed by atoms with E-state index in [9.17, 15) is 24.9 Å². The van der Waals surface area contributed by atoms with Crippen LogP contribution in [0.3, 0.4) is 0 Å². The minimum absolute atomic E-state index is 0.138. The third kappa shape index (κ3) is 8.49. The molecule has 33 heavy (non-hydrogen) atoms. The van der Waals surface area contributed by atoms with Crippen molar-refractivity contribution in [1.82, 2.24) is 0 Å². The van der Waals surface area contributed by atoms with Gasteiger partial charge in [-0.05, 0) is 72.8 Å². The van der Waals surface area contributed by atoms with Crippen LogP contribution < -0.4 is 0 Å². The zero-order chi connectivity index (χ0) is 24.8. The first-order chi connectivity index (χ1) is 15.3. The molecule has 7 heteroatoms. The van der Waals surface area contributed by atoms with E-state index in [2.05, 4.69) is 13.0 Å². The molecule has 3 N–H and O–H groups in total. The standard InChI is InChI=1S/C26H40O7/c1-17(10-7-12-25(4,5)31)8-6-9-18(2)11-13-26-21(28)15-20(23(30)24(26)33-26)16-32-22(29)14-19(3)27/h8,11,15,19,23-24,27,30-31H,6-7,9-10,12-14,16H2,1-5H3/t19-,23+,24-,26+/m0/s1. The number of allylic oxidation sites excluding steroid dienone is 3. The molecule has 2 aliphatic rings. The van der Waals surface area contributed by atoms with Crippen molar-refractivity contribution in [1.29, 1.82) is 0 Å². The Balaban J connectivity index is 1.81. The summed E-state index contributed by atoms with van der Waals surface area (Å²) in [6.45, 7) is 9.09. The second-order valence-corrected chi connectivity index (χ2v) is 10.2. The molecule has 0 spiro atoms. The van der Waals surface area contributed by atoms with Gasteiger partial charge in [0.05, 0.1) is 18.1 Å². The molecule has 0 radical (unpaired) electrons. The lowest BCUT2D eigenvalue weighted by Crippen LogP contribution is -2.38. The van der Waals surface area contributed by atoms with Crippen LogP contribution in [-0.2, 0) is 19.1 Å². The summed E-state index contributed by atoms with van der Waals surface area (Å²) >= 11 is 0. The molecule has 1 heterocycles. The summed E-state index contributed by atoms with van der Waals surface area (Å²) in [5, 5.41) is 29.5. The number of fused-ring (bicyclic) bond motifs is 1. The van der Waals surface area contributed by atoms with Crippen LogP contribution in [0.2, 0.25) is 0 Å². The van der Waals surface area contributed by atoms with Crippen LogP contribution in [0.25, 0.3) is 0 Å². The molecule has 0 aromatic carbocycles. The van der Waals surface area contributed by atoms with Crippen molar-refractivity contribution in [3.05, 3.63) is 34.9 Å². The number of rotatable bonds is 13. The summed E-state index contributed by atoms with van der Waals surface area (Å²) in [6, 6.07) is 0. The van der Waals surface area contributed by atoms with Gasteiger partial charge < -0.3 is 24.8 Å². The first-order valence-corrected chi connectivity index (χ1v) is 11.8. The van der Waals surface area contributed by atoms with Crippen LogP contribution >= 0.6 is 0 Å². The van der Waals surface area contributed by atoms with Crippen molar-refractivity contribution in [2.75, 3.05) is 6.61 Å². The highest BCUT2D eigenvalue weighted by Gasteiger charge is 2.66. The first-order valence-electron chi connectivity index (χ1n) is 11.8. The quantitative estimate of drug-likeness (QED) is 0.217. The third-order valence-electron chi connectivity index (χ3n) is 6.15. The van der Waals surface area contributed by atoms with Gasteiger partial charge in [-0.1, -0.05) is 23.3 Å². The van der Waals surface area contributed by atoms with Crippen molar-refractivity contribution in [2.45, 2.75) is 109 Å². The molecule has 1 fully saturated rings. The van der Waals surface area contributed by atoms with Crippen molar-refractivity contribution in [3.63, 3.8) is 0 Å². The van der Waals surface area contributed by atoms with Crippen LogP contribution in [-0.4, -0.2) is 63.2 Å². The molecular weight excluding hydrogens is 424 g/mol. The molecule has 7 nitrogen and oxygen atoms in total. The number of aliphatic hydroxyl groups is 3. The number of carbonyl (C=O) groups is 2. The van der Waals surface area contributed by atoms with E-state index in [-0.39, 0.29) is 18.8 Å². The summed E-state index contributed by atoms with van der Waals surface area (Å²) in [5.74, 6) is -0.801. The molecule has 2 rings (SSSR count). The Kier molecular flexibility index (Phi) is 9.61. The fraction of sp³-hybridized carbons (Fsp3) is 0.692. The number of epoxide rings is 1. The maximum atomic E-state index is 12.7. The number of carbonyl (C=O) groups excluding carboxylic acids is 2. The Morgan fingerprint density at radius 1 is 1.27 bits per heavy atom. The predicted molar refractivity (Wildman–Crippen MR) is 125 cm³/mol. The maximum absolute atomic E-state index is 12.7. The molecule has 0 unspecified atom stereocenters. The normalized spacial score (nSPS) is 26.5. The number of ether oxygens (including phenoxy) is 2. The highest BCUT2D eigenvalue weighted by atomic mass is 16.6. The molecule has 1 aliphatic carbocycles. The fourth-order valence-corrected chi connectivity index (χ4v) is 4.01. The summed E-state index contributed by atoms with van der Waals surface area (Å²) in [6.07, 6.45) is 7.89. The zero-order valence-corrected chi connectivity index (χ0v) is 20.6. The Morgan fingerprint density at radius 3 is 2.58 bits per heavy atom. The minimum atomic E-state index is -1.02. The lowest BCUT2D eigenvalue weighted by Gasteiger charge is -2.20. The summed E-state index contributed by atoms with van der Waals surface area (Å²) < 4.78 is 10.7. The second-order valence-electron chi connectivity index (χ2n) is 10.2. The van der Waals surface area contributed by atoms with Gasteiger partial charge in [0.2, 0.25) is 0 Å². The molecule has 4 atom stereocenters. The van der Waals surface area contributed by atoms with Crippen LogP contribution in [0, 0.1) is 0 Å². The Hall–Kier alpha value is -1.80. The SMILES string of the molecule is CC(=CC[C@]12O[C@H]1[C@H](O)C(COC(=O)C[C@H](C)O)=CC2=O)CCC=C(C)CCCC(C)(C)O. The number of esters is 1. The zero-order valence-electron chi connectivity index (χ0n) is 20.6. The average Bonchev–Trinajstić information content (AvgIpc) is 3.43. The molecule has 186 valence electrons. The van der Waals surface area contributed by atoms with E-state index < -0.39 is 35.5 Å². The van der Waals surface area contributed by atoms with Crippen molar-refractivity contribution in [3.8, 4) is 0 Å². The molecule has 1 saturated heterocycles. The molecule has 0 bridgehead atoms. The molecule has 0 aromatic rings. The van der Waals surface area contributed by atoms with Gasteiger partial charge in [-0.15, -0.1) is 0 Å². The first kappa shape index (κ1) is 27.4. The largest absolute Gasteiger partial charge is 0.461 e. The number of hydrogen-bond donors (Lipinski definition) is 3. The fourth-order valence-electron chi connectivity index (χ4n) is 4.01. The molecular formula is C26H40O7. The smallest absolute Gasteiger partial charge is 0.308 e. The van der Waals surface area contributed by atoms with E-state index in [1.807, 2.05) is 26.8 Å². The summed E-state index contributed by atoms with van der Waals surface area (Å²) in [7, 11) is 0. The van der Waals surface area contributed by atoms with Crippen LogP contribution in [0.4, 0.5) is 0 Å². The van der Waals surface area contributed by atoms with Gasteiger partial charge >= 0.3 is 5.97 Å². The van der Waals surface area contributed by atoms with Gasteiger partial charge in [0.25, 0.3) is 0 Å². The van der Waals surface area contributed by atoms with E-state index in [0.717, 1.165) is 37.7 Å². The van der Waals surface area contributed by atoms with Gasteiger partial charge in [-0.2, -0.15) is 0 Å². The Bertz CT molecular complexity index is 800. The van der Waals surface area contributed by atoms with Crippen molar-refractivity contribution >= 4 is 11.8 Å². The average molecular weight is 465 g/mol. The van der Waals surface area contributed by atoms with Crippen molar-refractivity contribution in [2.24, 2.45) is 0 Å². The van der Waals surface area contributed by atoms with Crippen molar-refractivity contribution < 1.29 is 34.4 Å². The van der Waals surface area contributed by atoms with E-state index in [0.29, 0.717) is 12.0 Å². The van der Waals surface area contributed by atoms with Gasteiger partial charge in [-0.25, -0.2) is 0 Å². The number of ketones is 1. The number of hydrogen-bond acceptors (Lipinski definition) is 7. The monoisotopic (exact) mass is 464 g/mol. The Labute approximate surface area is 197 Å². The lowest BCUT2D eigenvalue weighted by atomic mass is 9.84. The highest BCUT2D eigenvalue weighted by Crippen LogP contribution is 2.48. The van der Waals surface area contributed by atoms with E-state index in [4.69, 9.17) is 9.47 Å². The molecule has 0 aromatic heterocycles. The van der Waals surface area contributed by atoms with Crippen LogP contribution in [0.15, 0.2) is 34.9 Å². The van der Waals surface area contributed by atoms with E-state index >= 15 is 0 Å². The summed E-state index contributed by atoms with van der Waals surface area (Å²) in [5.41, 5.74) is 1.15. The maximum Gasteiger partial charge on any atom is 0.308 e. The third-order valence-corrected chi connectivity index (χ3v) is 6.15. The van der Waals surface area contributed by atoms with Gasteiger partial charge in [-0.3, -0.25) is 9.59 Å². The van der Waals surface area contributed by atoms with Crippen LogP contribution in [0.1, 0.15) is 79.6 Å². The minimum Gasteiger partial charge on any atom is -0.461 e. The van der Waals surface area contributed by atoms with Crippen LogP contribution in [0.5, 0.6) is 0 Å². The second kappa shape index (κ2) is 11.6. The van der Waals surface area contributed by atoms with E-state index in [1.165, 1.54) is 18.6 Å². The topological polar surface area (TPSA) is 117 Å². The highest BCUT2D eigenvalue weighted by molar-refractivity contribution is 6.02. The van der Waals surface area contributed by atoms with E-state index in [1.54, 1.807) is 0 Å². The lowest BCUT2D eigenvalue weighted by molar-refractivity contribution is -0.145.